The fourth-order valence-corrected chi connectivity index (χ4v) is 1.85. The van der Waals surface area contributed by atoms with Gasteiger partial charge in [-0.05, 0) is 12.1 Å². The highest BCUT2D eigenvalue weighted by molar-refractivity contribution is 6.68. The summed E-state index contributed by atoms with van der Waals surface area (Å²) >= 11 is 28.9. The van der Waals surface area contributed by atoms with E-state index in [1.807, 2.05) is 0 Å². The molecule has 0 spiro atoms. The smallest absolute Gasteiger partial charge is 0.253 e. The van der Waals surface area contributed by atoms with Crippen LogP contribution in [0.4, 0.5) is 10.1 Å². The van der Waals surface area contributed by atoms with Crippen LogP contribution in [-0.4, -0.2) is 22.5 Å². The Balaban J connectivity index is 2.95. The Hall–Kier alpha value is -0.130. The van der Waals surface area contributed by atoms with Crippen LogP contribution < -0.4 is 10.6 Å². The van der Waals surface area contributed by atoms with Crippen molar-refractivity contribution in [3.63, 3.8) is 0 Å². The fourth-order valence-electron chi connectivity index (χ4n) is 1.17. The maximum absolute atomic E-state index is 12.2. The lowest BCUT2D eigenvalue weighted by Crippen LogP contribution is -2.49. The van der Waals surface area contributed by atoms with Crippen LogP contribution in [0.2, 0.25) is 10.0 Å². The number of amides is 1. The molecular weight excluding hydrogens is 360 g/mol. The van der Waals surface area contributed by atoms with E-state index in [0.29, 0.717) is 5.69 Å². The van der Waals surface area contributed by atoms with Gasteiger partial charge < -0.3 is 10.6 Å². The van der Waals surface area contributed by atoms with E-state index in [2.05, 4.69) is 10.6 Å². The number of hydrogen-bond acceptors (Lipinski definition) is 2. The van der Waals surface area contributed by atoms with Gasteiger partial charge in [0.1, 0.15) is 6.17 Å². The van der Waals surface area contributed by atoms with Gasteiger partial charge in [-0.3, -0.25) is 4.79 Å². The van der Waals surface area contributed by atoms with E-state index in [1.165, 1.54) is 0 Å². The summed E-state index contributed by atoms with van der Waals surface area (Å²) in [7, 11) is 0. The molecule has 9 heteroatoms. The first kappa shape index (κ1) is 16.9. The van der Waals surface area contributed by atoms with Gasteiger partial charge in [0.25, 0.3) is 5.91 Å². The Bertz CT molecular complexity index is 466. The Kier molecular flexibility index (Phi) is 6.27. The van der Waals surface area contributed by atoms with Crippen molar-refractivity contribution < 1.29 is 9.18 Å². The molecule has 1 amide bonds. The van der Waals surface area contributed by atoms with Crippen molar-refractivity contribution in [3.8, 4) is 0 Å². The Morgan fingerprint density at radius 1 is 1.32 bits per heavy atom. The second kappa shape index (κ2) is 7.04. The van der Waals surface area contributed by atoms with Crippen molar-refractivity contribution in [1.82, 2.24) is 5.32 Å². The number of halogens is 6. The standard InChI is InChI=1S/C10H8Cl5FN2O/c11-5-2-1-3-6(8(5)12)17-9(10(13,14)15)18-7(19)4-16/h1-3,9,17H,4H2,(H,18,19)/t9-/m0/s1. The molecule has 3 nitrogen and oxygen atoms in total. The molecule has 1 atom stereocenters. The van der Waals surface area contributed by atoms with Crippen LogP contribution in [0.1, 0.15) is 0 Å². The summed E-state index contributed by atoms with van der Waals surface area (Å²) < 4.78 is 10.3. The SMILES string of the molecule is O=C(CF)N[C@H](Nc1cccc(Cl)c1Cl)C(Cl)(Cl)Cl. The zero-order valence-electron chi connectivity index (χ0n) is 9.19. The number of carbonyl (C=O) groups excluding carboxylic acids is 1. The van der Waals surface area contributed by atoms with Gasteiger partial charge in [0, 0.05) is 0 Å². The second-order valence-electron chi connectivity index (χ2n) is 3.42. The van der Waals surface area contributed by atoms with Gasteiger partial charge >= 0.3 is 0 Å². The maximum atomic E-state index is 12.2. The normalized spacial score (nSPS) is 12.9. The van der Waals surface area contributed by atoms with Crippen LogP contribution in [-0.2, 0) is 4.79 Å². The van der Waals surface area contributed by atoms with Crippen LogP contribution in [0, 0.1) is 0 Å². The summed E-state index contributed by atoms with van der Waals surface area (Å²) in [4.78, 5) is 11.0. The maximum Gasteiger partial charge on any atom is 0.253 e. The number of anilines is 1. The number of hydrogen-bond donors (Lipinski definition) is 2. The third-order valence-electron chi connectivity index (χ3n) is 2.01. The van der Waals surface area contributed by atoms with Crippen LogP contribution in [0.25, 0.3) is 0 Å². The molecule has 0 heterocycles. The lowest BCUT2D eigenvalue weighted by atomic mass is 10.3. The third-order valence-corrected chi connectivity index (χ3v) is 3.48. The molecular formula is C10H8Cl5FN2O. The predicted octanol–water partition coefficient (Wildman–Crippen LogP) is 4.19. The minimum Gasteiger partial charge on any atom is -0.361 e. The monoisotopic (exact) mass is 366 g/mol. The van der Waals surface area contributed by atoms with Crippen LogP contribution in [0.3, 0.4) is 0 Å². The largest absolute Gasteiger partial charge is 0.361 e. The highest BCUT2D eigenvalue weighted by Crippen LogP contribution is 2.34. The molecule has 0 bridgehead atoms. The number of nitrogens with one attached hydrogen (secondary N) is 2. The first-order valence-corrected chi connectivity index (χ1v) is 6.77. The summed E-state index contributed by atoms with van der Waals surface area (Å²) in [5, 5.41) is 5.34. The molecule has 0 unspecified atom stereocenters. The summed E-state index contributed by atoms with van der Waals surface area (Å²) in [6.45, 7) is -1.23. The van der Waals surface area contributed by atoms with Gasteiger partial charge in [-0.15, -0.1) is 0 Å². The van der Waals surface area contributed by atoms with E-state index in [-0.39, 0.29) is 10.0 Å². The molecule has 1 aromatic rings. The summed E-state index contributed by atoms with van der Waals surface area (Å²) in [6, 6.07) is 4.75. The molecule has 19 heavy (non-hydrogen) atoms. The van der Waals surface area contributed by atoms with Crippen LogP contribution in [0.15, 0.2) is 18.2 Å². The zero-order valence-corrected chi connectivity index (χ0v) is 13.0. The average Bonchev–Trinajstić information content (AvgIpc) is 2.32. The van der Waals surface area contributed by atoms with Crippen LogP contribution >= 0.6 is 58.0 Å². The number of carbonyl (C=O) groups is 1. The summed E-state index contributed by atoms with van der Waals surface area (Å²) in [6.07, 6.45) is -1.17. The number of alkyl halides is 4. The molecule has 0 aliphatic heterocycles. The minimum atomic E-state index is -1.91. The predicted molar refractivity (Wildman–Crippen MR) is 78.3 cm³/mol. The van der Waals surface area contributed by atoms with Gasteiger partial charge in [0.15, 0.2) is 6.67 Å². The number of rotatable bonds is 4. The van der Waals surface area contributed by atoms with Gasteiger partial charge in [-0.1, -0.05) is 64.1 Å². The molecule has 0 aliphatic carbocycles. The lowest BCUT2D eigenvalue weighted by molar-refractivity contribution is -0.122. The Morgan fingerprint density at radius 3 is 2.47 bits per heavy atom. The first-order chi connectivity index (χ1) is 8.75. The second-order valence-corrected chi connectivity index (χ2v) is 6.58. The third kappa shape index (κ3) is 5.04. The topological polar surface area (TPSA) is 41.1 Å². The minimum absolute atomic E-state index is 0.193. The molecule has 2 N–H and O–H groups in total. The fraction of sp³-hybridized carbons (Fsp3) is 0.300. The highest BCUT2D eigenvalue weighted by atomic mass is 35.6. The molecule has 0 saturated heterocycles. The zero-order chi connectivity index (χ0) is 14.6. The molecule has 0 saturated carbocycles. The van der Waals surface area contributed by atoms with Gasteiger partial charge in [-0.25, -0.2) is 4.39 Å². The molecule has 1 rings (SSSR count). The Morgan fingerprint density at radius 2 is 1.95 bits per heavy atom. The van der Waals surface area contributed by atoms with E-state index in [9.17, 15) is 9.18 Å². The van der Waals surface area contributed by atoms with Crippen molar-refractivity contribution in [2.24, 2.45) is 0 Å². The van der Waals surface area contributed by atoms with Crippen molar-refractivity contribution in [2.75, 3.05) is 12.0 Å². The summed E-state index contributed by atoms with van der Waals surface area (Å²) in [5.74, 6) is -0.929. The van der Waals surface area contributed by atoms with Gasteiger partial charge in [0.05, 0.1) is 15.7 Å². The van der Waals surface area contributed by atoms with Crippen LogP contribution in [0.5, 0.6) is 0 Å². The van der Waals surface area contributed by atoms with E-state index < -0.39 is 22.5 Å². The van der Waals surface area contributed by atoms with E-state index in [4.69, 9.17) is 58.0 Å². The van der Waals surface area contributed by atoms with E-state index in [1.54, 1.807) is 18.2 Å². The number of benzene rings is 1. The molecule has 1 aromatic carbocycles. The lowest BCUT2D eigenvalue weighted by Gasteiger charge is -2.27. The quantitative estimate of drug-likeness (QED) is 0.618. The molecule has 0 aromatic heterocycles. The molecule has 0 fully saturated rings. The average molecular weight is 368 g/mol. The van der Waals surface area contributed by atoms with E-state index >= 15 is 0 Å². The molecule has 0 aliphatic rings. The first-order valence-electron chi connectivity index (χ1n) is 4.88. The van der Waals surface area contributed by atoms with Gasteiger partial charge in [-0.2, -0.15) is 0 Å². The molecule has 106 valence electrons. The summed E-state index contributed by atoms with van der Waals surface area (Å²) in [5.41, 5.74) is 0.338. The highest BCUT2D eigenvalue weighted by Gasteiger charge is 2.34. The van der Waals surface area contributed by atoms with Crippen molar-refractivity contribution in [3.05, 3.63) is 28.2 Å². The van der Waals surface area contributed by atoms with Gasteiger partial charge in [0.2, 0.25) is 3.79 Å². The Labute approximate surface area is 134 Å². The van der Waals surface area contributed by atoms with Crippen molar-refractivity contribution in [2.45, 2.75) is 9.96 Å². The van der Waals surface area contributed by atoms with Crippen molar-refractivity contribution >= 4 is 69.6 Å². The van der Waals surface area contributed by atoms with E-state index in [0.717, 1.165) is 0 Å². The molecule has 0 radical (unpaired) electrons. The van der Waals surface area contributed by atoms with Crippen molar-refractivity contribution in [1.29, 1.82) is 0 Å².